The molecule has 6 nitrogen and oxygen atoms in total. The normalized spacial score (nSPS) is 24.8. The first kappa shape index (κ1) is 12.1. The van der Waals surface area contributed by atoms with Gasteiger partial charge in [-0.05, 0) is 12.8 Å². The van der Waals surface area contributed by atoms with Gasteiger partial charge in [-0.25, -0.2) is 9.97 Å². The van der Waals surface area contributed by atoms with Crippen LogP contribution in [0.4, 0.5) is 11.6 Å². The van der Waals surface area contributed by atoms with E-state index >= 15 is 0 Å². The van der Waals surface area contributed by atoms with Gasteiger partial charge in [-0.2, -0.15) is 0 Å². The maximum absolute atomic E-state index is 10.2. The maximum Gasteiger partial charge on any atom is 0.134 e. The molecule has 1 aromatic heterocycles. The SMILES string of the molecule is CNc1cc(N2CCCC(O)(CN)C2)ncn1. The summed E-state index contributed by atoms with van der Waals surface area (Å²) in [5, 5.41) is 13.2. The number of rotatable bonds is 3. The quantitative estimate of drug-likeness (QED) is 0.675. The lowest BCUT2D eigenvalue weighted by Gasteiger charge is -2.39. The molecular weight excluding hydrogens is 218 g/mol. The molecule has 4 N–H and O–H groups in total. The number of hydrogen-bond acceptors (Lipinski definition) is 6. The van der Waals surface area contributed by atoms with Gasteiger partial charge < -0.3 is 21.1 Å². The van der Waals surface area contributed by atoms with Crippen molar-refractivity contribution in [3.05, 3.63) is 12.4 Å². The van der Waals surface area contributed by atoms with Gasteiger partial charge in [0.2, 0.25) is 0 Å². The first-order valence-electron chi connectivity index (χ1n) is 5.84. The molecule has 17 heavy (non-hydrogen) atoms. The lowest BCUT2D eigenvalue weighted by Crippen LogP contribution is -2.52. The van der Waals surface area contributed by atoms with E-state index in [4.69, 9.17) is 5.73 Å². The highest BCUT2D eigenvalue weighted by Gasteiger charge is 2.32. The molecule has 1 unspecified atom stereocenters. The Morgan fingerprint density at radius 3 is 3.12 bits per heavy atom. The fraction of sp³-hybridized carbons (Fsp3) is 0.636. The predicted molar refractivity (Wildman–Crippen MR) is 67.0 cm³/mol. The van der Waals surface area contributed by atoms with Crippen LogP contribution in [-0.2, 0) is 0 Å². The second-order valence-corrected chi connectivity index (χ2v) is 4.47. The average molecular weight is 237 g/mol. The van der Waals surface area contributed by atoms with Crippen molar-refractivity contribution in [2.24, 2.45) is 5.73 Å². The Morgan fingerprint density at radius 2 is 2.41 bits per heavy atom. The van der Waals surface area contributed by atoms with Crippen molar-refractivity contribution < 1.29 is 5.11 Å². The minimum absolute atomic E-state index is 0.285. The molecule has 1 aromatic rings. The second kappa shape index (κ2) is 4.85. The summed E-state index contributed by atoms with van der Waals surface area (Å²) in [5.74, 6) is 1.60. The average Bonchev–Trinajstić information content (AvgIpc) is 2.39. The Balaban J connectivity index is 2.16. The first-order chi connectivity index (χ1) is 8.17. The van der Waals surface area contributed by atoms with Crippen molar-refractivity contribution in [2.45, 2.75) is 18.4 Å². The largest absolute Gasteiger partial charge is 0.387 e. The van der Waals surface area contributed by atoms with Crippen LogP contribution in [0.1, 0.15) is 12.8 Å². The van der Waals surface area contributed by atoms with E-state index in [9.17, 15) is 5.11 Å². The molecule has 1 fully saturated rings. The van der Waals surface area contributed by atoms with Crippen LogP contribution in [-0.4, -0.2) is 47.4 Å². The summed E-state index contributed by atoms with van der Waals surface area (Å²) in [6.45, 7) is 1.71. The van der Waals surface area contributed by atoms with Crippen molar-refractivity contribution in [1.82, 2.24) is 9.97 Å². The zero-order chi connectivity index (χ0) is 12.3. The molecule has 2 rings (SSSR count). The van der Waals surface area contributed by atoms with E-state index in [1.165, 1.54) is 6.33 Å². The number of nitrogens with two attached hydrogens (primary N) is 1. The van der Waals surface area contributed by atoms with Gasteiger partial charge in [0, 0.05) is 32.7 Å². The summed E-state index contributed by atoms with van der Waals surface area (Å²) in [5.41, 5.74) is 4.82. The van der Waals surface area contributed by atoms with Gasteiger partial charge in [-0.1, -0.05) is 0 Å². The maximum atomic E-state index is 10.2. The zero-order valence-corrected chi connectivity index (χ0v) is 10.1. The molecule has 1 aliphatic heterocycles. The van der Waals surface area contributed by atoms with Crippen molar-refractivity contribution in [3.8, 4) is 0 Å². The number of nitrogens with one attached hydrogen (secondary N) is 1. The summed E-state index contributed by atoms with van der Waals surface area (Å²) in [4.78, 5) is 10.4. The number of aliphatic hydroxyl groups is 1. The van der Waals surface area contributed by atoms with Gasteiger partial charge in [0.1, 0.15) is 18.0 Å². The number of hydrogen-bond donors (Lipinski definition) is 3. The Labute approximate surface area is 101 Å². The van der Waals surface area contributed by atoms with Crippen LogP contribution in [0, 0.1) is 0 Å². The van der Waals surface area contributed by atoms with Crippen LogP contribution in [0.3, 0.4) is 0 Å². The monoisotopic (exact) mass is 237 g/mol. The van der Waals surface area contributed by atoms with Gasteiger partial charge >= 0.3 is 0 Å². The molecule has 0 bridgehead atoms. The molecule has 1 saturated heterocycles. The summed E-state index contributed by atoms with van der Waals surface area (Å²) < 4.78 is 0. The van der Waals surface area contributed by atoms with Crippen LogP contribution < -0.4 is 16.0 Å². The molecule has 1 aliphatic rings. The van der Waals surface area contributed by atoms with E-state index in [1.54, 1.807) is 0 Å². The van der Waals surface area contributed by atoms with E-state index < -0.39 is 5.60 Å². The molecule has 0 amide bonds. The Morgan fingerprint density at radius 1 is 1.59 bits per heavy atom. The summed E-state index contributed by atoms with van der Waals surface area (Å²) in [6.07, 6.45) is 3.20. The molecule has 0 aliphatic carbocycles. The Kier molecular flexibility index (Phi) is 3.44. The highest BCUT2D eigenvalue weighted by Crippen LogP contribution is 2.24. The van der Waals surface area contributed by atoms with Crippen LogP contribution in [0.25, 0.3) is 0 Å². The Bertz CT molecular complexity index is 386. The minimum atomic E-state index is -0.789. The van der Waals surface area contributed by atoms with E-state index in [0.717, 1.165) is 31.0 Å². The molecule has 6 heteroatoms. The van der Waals surface area contributed by atoms with Gasteiger partial charge in [0.15, 0.2) is 0 Å². The third kappa shape index (κ3) is 2.65. The first-order valence-corrected chi connectivity index (χ1v) is 5.84. The van der Waals surface area contributed by atoms with Gasteiger partial charge in [-0.15, -0.1) is 0 Å². The fourth-order valence-corrected chi connectivity index (χ4v) is 2.13. The van der Waals surface area contributed by atoms with E-state index in [2.05, 4.69) is 20.2 Å². The van der Waals surface area contributed by atoms with Crippen molar-refractivity contribution >= 4 is 11.6 Å². The molecule has 0 radical (unpaired) electrons. The minimum Gasteiger partial charge on any atom is -0.387 e. The predicted octanol–water partition coefficient (Wildman–Crippen LogP) is -0.192. The molecule has 0 saturated carbocycles. The van der Waals surface area contributed by atoms with Crippen molar-refractivity contribution in [1.29, 1.82) is 0 Å². The van der Waals surface area contributed by atoms with E-state index in [-0.39, 0.29) is 6.54 Å². The second-order valence-electron chi connectivity index (χ2n) is 4.47. The van der Waals surface area contributed by atoms with Gasteiger partial charge in [0.05, 0.1) is 5.60 Å². The third-order valence-corrected chi connectivity index (χ3v) is 3.17. The summed E-state index contributed by atoms with van der Waals surface area (Å²) in [7, 11) is 1.82. The highest BCUT2D eigenvalue weighted by atomic mass is 16.3. The van der Waals surface area contributed by atoms with E-state index in [1.807, 2.05) is 13.1 Å². The zero-order valence-electron chi connectivity index (χ0n) is 10.1. The van der Waals surface area contributed by atoms with E-state index in [0.29, 0.717) is 6.54 Å². The molecule has 0 aromatic carbocycles. The molecular formula is C11H19N5O. The van der Waals surface area contributed by atoms with Crippen molar-refractivity contribution in [3.63, 3.8) is 0 Å². The number of nitrogens with zero attached hydrogens (tertiary/aromatic N) is 3. The number of β-amino-alcohol motifs (C(OH)–C–C–N with tert-alkyl or cyclic N) is 1. The molecule has 1 atom stereocenters. The Hall–Kier alpha value is -1.40. The highest BCUT2D eigenvalue weighted by molar-refractivity contribution is 5.48. The lowest BCUT2D eigenvalue weighted by atomic mass is 9.93. The molecule has 94 valence electrons. The summed E-state index contributed by atoms with van der Waals surface area (Å²) >= 11 is 0. The van der Waals surface area contributed by atoms with Crippen LogP contribution in [0.2, 0.25) is 0 Å². The van der Waals surface area contributed by atoms with Crippen LogP contribution in [0.5, 0.6) is 0 Å². The smallest absolute Gasteiger partial charge is 0.134 e. The summed E-state index contributed by atoms with van der Waals surface area (Å²) in [6, 6.07) is 1.88. The fourth-order valence-electron chi connectivity index (χ4n) is 2.13. The van der Waals surface area contributed by atoms with Gasteiger partial charge in [0.25, 0.3) is 0 Å². The lowest BCUT2D eigenvalue weighted by molar-refractivity contribution is 0.0345. The molecule has 2 heterocycles. The number of anilines is 2. The third-order valence-electron chi connectivity index (χ3n) is 3.17. The van der Waals surface area contributed by atoms with Crippen LogP contribution in [0.15, 0.2) is 12.4 Å². The van der Waals surface area contributed by atoms with Crippen molar-refractivity contribution in [2.75, 3.05) is 36.9 Å². The number of piperidine rings is 1. The number of aromatic nitrogens is 2. The van der Waals surface area contributed by atoms with Gasteiger partial charge in [-0.3, -0.25) is 0 Å². The standard InChI is InChI=1S/C11H19N5O/c1-13-9-5-10(15-8-14-9)16-4-2-3-11(17,6-12)7-16/h5,8,17H,2-4,6-7,12H2,1H3,(H,13,14,15). The van der Waals surface area contributed by atoms with Crippen LogP contribution >= 0.6 is 0 Å². The topological polar surface area (TPSA) is 87.3 Å². The molecule has 0 spiro atoms.